The van der Waals surface area contributed by atoms with Gasteiger partial charge in [-0.3, -0.25) is 4.57 Å². The molecule has 0 atom stereocenters. The van der Waals surface area contributed by atoms with Crippen LogP contribution in [0.5, 0.6) is 0 Å². The van der Waals surface area contributed by atoms with Crippen molar-refractivity contribution in [1.82, 2.24) is 14.5 Å². The number of fused-ring (bicyclic) bond motifs is 2. The number of sulfone groups is 1. The molecule has 5 aromatic rings. The Kier molecular flexibility index (Phi) is 4.69. The van der Waals surface area contributed by atoms with Crippen LogP contribution in [0.3, 0.4) is 0 Å². The van der Waals surface area contributed by atoms with E-state index in [0.717, 1.165) is 11.1 Å². The molecule has 0 aliphatic heterocycles. The number of aromatic nitrogens is 3. The van der Waals surface area contributed by atoms with Crippen molar-refractivity contribution in [2.75, 3.05) is 5.73 Å². The maximum atomic E-state index is 13.7. The van der Waals surface area contributed by atoms with Gasteiger partial charge in [0.25, 0.3) is 0 Å². The lowest BCUT2D eigenvalue weighted by Crippen LogP contribution is -2.07. The predicted octanol–water partition coefficient (Wildman–Crippen LogP) is 5.26. The van der Waals surface area contributed by atoms with Crippen molar-refractivity contribution in [3.8, 4) is 5.69 Å². The summed E-state index contributed by atoms with van der Waals surface area (Å²) in [6.45, 7) is 3.73. The highest BCUT2D eigenvalue weighted by atomic mass is 35.5. The van der Waals surface area contributed by atoms with Crippen LogP contribution in [0.2, 0.25) is 5.02 Å². The van der Waals surface area contributed by atoms with Gasteiger partial charge < -0.3 is 5.73 Å². The summed E-state index contributed by atoms with van der Waals surface area (Å²) in [5, 5.41) is 0.542. The normalized spacial score (nSPS) is 12.0. The van der Waals surface area contributed by atoms with Gasteiger partial charge in [0.05, 0.1) is 21.6 Å². The molecule has 0 fully saturated rings. The Morgan fingerprint density at radius 2 is 1.62 bits per heavy atom. The maximum absolute atomic E-state index is 13.7. The molecular weight excluding hydrogens is 444 g/mol. The monoisotopic (exact) mass is 462 g/mol. The Morgan fingerprint density at radius 1 is 0.906 bits per heavy atom. The third-order valence-electron chi connectivity index (χ3n) is 5.43. The lowest BCUT2D eigenvalue weighted by atomic mass is 10.2. The molecule has 2 aromatic heterocycles. The first kappa shape index (κ1) is 20.5. The number of benzene rings is 3. The molecule has 0 aliphatic carbocycles. The molecule has 0 unspecified atom stereocenters. The second kappa shape index (κ2) is 7.32. The smallest absolute Gasteiger partial charge is 0.212 e. The molecule has 0 saturated heterocycles. The van der Waals surface area contributed by atoms with Crippen LogP contribution in [0, 0.1) is 13.8 Å². The van der Waals surface area contributed by atoms with Crippen molar-refractivity contribution in [2.45, 2.75) is 23.6 Å². The molecular formula is C24H19ClN4O2S. The van der Waals surface area contributed by atoms with Crippen LogP contribution < -0.4 is 5.73 Å². The number of rotatable bonds is 3. The molecule has 0 amide bonds. The lowest BCUT2D eigenvalue weighted by Gasteiger charge is -2.10. The molecule has 2 heterocycles. The lowest BCUT2D eigenvalue weighted by molar-refractivity contribution is 0.597. The van der Waals surface area contributed by atoms with E-state index in [1.165, 1.54) is 0 Å². The van der Waals surface area contributed by atoms with Crippen LogP contribution in [0.4, 0.5) is 5.82 Å². The number of halogens is 1. The van der Waals surface area contributed by atoms with Crippen molar-refractivity contribution in [1.29, 1.82) is 0 Å². The summed E-state index contributed by atoms with van der Waals surface area (Å²) in [5.74, 6) is 0.0386. The molecule has 6 nitrogen and oxygen atoms in total. The van der Waals surface area contributed by atoms with E-state index in [-0.39, 0.29) is 21.1 Å². The summed E-state index contributed by atoms with van der Waals surface area (Å²) in [7, 11) is -3.97. The zero-order chi connectivity index (χ0) is 22.6. The molecule has 5 rings (SSSR count). The molecule has 0 aliphatic rings. The van der Waals surface area contributed by atoms with E-state index in [4.69, 9.17) is 22.3 Å². The third kappa shape index (κ3) is 3.13. The van der Waals surface area contributed by atoms with Crippen molar-refractivity contribution in [2.24, 2.45) is 0 Å². The first-order chi connectivity index (χ1) is 15.3. The molecule has 0 saturated carbocycles. The maximum Gasteiger partial charge on any atom is 0.212 e. The summed E-state index contributed by atoms with van der Waals surface area (Å²) in [4.78, 5) is 9.48. The van der Waals surface area contributed by atoms with Crippen LogP contribution >= 0.6 is 11.6 Å². The molecule has 0 spiro atoms. The molecule has 8 heteroatoms. The van der Waals surface area contributed by atoms with Gasteiger partial charge in [0, 0.05) is 5.02 Å². The van der Waals surface area contributed by atoms with Crippen molar-refractivity contribution >= 4 is 49.5 Å². The van der Waals surface area contributed by atoms with Gasteiger partial charge in [-0.25, -0.2) is 18.4 Å². The fourth-order valence-electron chi connectivity index (χ4n) is 3.78. The predicted molar refractivity (Wildman–Crippen MR) is 127 cm³/mol. The highest BCUT2D eigenvalue weighted by Gasteiger charge is 2.30. The van der Waals surface area contributed by atoms with Gasteiger partial charge in [0.15, 0.2) is 5.65 Å². The standard InChI is InChI=1S/C24H19ClN4O2S/c1-14-6-5-7-17(12-14)32(30,31)22-21-24(28-20-9-4-3-8-19(20)27-21)29(23(22)26)16-11-10-15(2)18(25)13-16/h3-13H,26H2,1-2H3. The van der Waals surface area contributed by atoms with Gasteiger partial charge in [-0.1, -0.05) is 41.9 Å². The summed E-state index contributed by atoms with van der Waals surface area (Å²) in [6.07, 6.45) is 0. The van der Waals surface area contributed by atoms with E-state index in [0.29, 0.717) is 27.4 Å². The zero-order valence-electron chi connectivity index (χ0n) is 17.4. The Bertz CT molecular complexity index is 1640. The molecule has 32 heavy (non-hydrogen) atoms. The Morgan fingerprint density at radius 3 is 2.31 bits per heavy atom. The SMILES string of the molecule is Cc1cccc(S(=O)(=O)c2c(N)n(-c3ccc(C)c(Cl)c3)c3nc4ccccc4nc23)c1. The van der Waals surface area contributed by atoms with Gasteiger partial charge in [-0.15, -0.1) is 0 Å². The van der Waals surface area contributed by atoms with Crippen molar-refractivity contribution in [3.63, 3.8) is 0 Å². The number of nitrogens with two attached hydrogens (primary N) is 1. The van der Waals surface area contributed by atoms with E-state index in [1.807, 2.05) is 50.2 Å². The fraction of sp³-hybridized carbons (Fsp3) is 0.0833. The summed E-state index contributed by atoms with van der Waals surface area (Å²) in [5.41, 5.74) is 10.7. The number of anilines is 1. The van der Waals surface area contributed by atoms with Gasteiger partial charge in [-0.2, -0.15) is 0 Å². The van der Waals surface area contributed by atoms with E-state index in [9.17, 15) is 8.42 Å². The van der Waals surface area contributed by atoms with Crippen LogP contribution in [-0.4, -0.2) is 23.0 Å². The quantitative estimate of drug-likeness (QED) is 0.395. The number of nitrogens with zero attached hydrogens (tertiary/aromatic N) is 3. The zero-order valence-corrected chi connectivity index (χ0v) is 18.9. The minimum Gasteiger partial charge on any atom is -0.384 e. The number of hydrogen-bond acceptors (Lipinski definition) is 5. The van der Waals surface area contributed by atoms with E-state index in [2.05, 4.69) is 4.98 Å². The average Bonchev–Trinajstić information content (AvgIpc) is 3.05. The van der Waals surface area contributed by atoms with Gasteiger partial charge in [-0.05, 0) is 61.4 Å². The summed E-state index contributed by atoms with van der Waals surface area (Å²) < 4.78 is 29.1. The minimum absolute atomic E-state index is 0.0386. The first-order valence-electron chi connectivity index (χ1n) is 9.92. The van der Waals surface area contributed by atoms with E-state index < -0.39 is 9.84 Å². The Balaban J connectivity index is 1.92. The summed E-state index contributed by atoms with van der Waals surface area (Å²) in [6, 6.07) is 19.5. The molecule has 0 bridgehead atoms. The Hall–Kier alpha value is -3.42. The topological polar surface area (TPSA) is 90.9 Å². The minimum atomic E-state index is -3.97. The second-order valence-electron chi connectivity index (χ2n) is 7.69. The largest absolute Gasteiger partial charge is 0.384 e. The van der Waals surface area contributed by atoms with Crippen LogP contribution in [0.15, 0.2) is 76.5 Å². The van der Waals surface area contributed by atoms with Crippen LogP contribution in [0.1, 0.15) is 11.1 Å². The number of hydrogen-bond donors (Lipinski definition) is 1. The average molecular weight is 463 g/mol. The van der Waals surface area contributed by atoms with Crippen LogP contribution in [-0.2, 0) is 9.84 Å². The number of aryl methyl sites for hydroxylation is 2. The molecule has 0 radical (unpaired) electrons. The molecule has 3 aromatic carbocycles. The van der Waals surface area contributed by atoms with E-state index in [1.54, 1.807) is 34.9 Å². The van der Waals surface area contributed by atoms with E-state index >= 15 is 0 Å². The van der Waals surface area contributed by atoms with Gasteiger partial charge in [0.1, 0.15) is 16.2 Å². The van der Waals surface area contributed by atoms with Crippen molar-refractivity contribution < 1.29 is 8.42 Å². The molecule has 160 valence electrons. The van der Waals surface area contributed by atoms with Gasteiger partial charge in [0.2, 0.25) is 9.84 Å². The van der Waals surface area contributed by atoms with Crippen molar-refractivity contribution in [3.05, 3.63) is 82.9 Å². The Labute approximate surface area is 190 Å². The van der Waals surface area contributed by atoms with Gasteiger partial charge >= 0.3 is 0 Å². The highest BCUT2D eigenvalue weighted by molar-refractivity contribution is 7.92. The number of para-hydroxylation sites is 2. The number of nitrogen functional groups attached to an aromatic ring is 1. The highest BCUT2D eigenvalue weighted by Crippen LogP contribution is 2.37. The molecule has 2 N–H and O–H groups in total. The fourth-order valence-corrected chi connectivity index (χ4v) is 5.55. The third-order valence-corrected chi connectivity index (χ3v) is 7.66. The second-order valence-corrected chi connectivity index (χ2v) is 9.98. The first-order valence-corrected chi connectivity index (χ1v) is 11.8. The van der Waals surface area contributed by atoms with Crippen LogP contribution in [0.25, 0.3) is 27.9 Å². The summed E-state index contributed by atoms with van der Waals surface area (Å²) >= 11 is 6.36.